The van der Waals surface area contributed by atoms with Crippen LogP contribution in [0.1, 0.15) is 12.5 Å². The minimum Gasteiger partial charge on any atom is -0.476 e. The number of nitrogens with two attached hydrogens (primary N) is 1. The second-order valence-electron chi connectivity index (χ2n) is 3.96. The summed E-state index contributed by atoms with van der Waals surface area (Å²) in [6, 6.07) is 10.9. The van der Waals surface area contributed by atoms with E-state index in [0.717, 1.165) is 10.2 Å². The Morgan fingerprint density at radius 2 is 2.20 bits per heavy atom. The molecule has 0 saturated carbocycles. The first-order valence-electron chi connectivity index (χ1n) is 6.00. The number of anilines is 3. The van der Waals surface area contributed by atoms with Crippen LogP contribution in [-0.4, -0.2) is 11.6 Å². The molecule has 0 fully saturated rings. The fourth-order valence-electron chi connectivity index (χ4n) is 1.60. The maximum atomic E-state index is 8.83. The van der Waals surface area contributed by atoms with Crippen LogP contribution in [-0.2, 0) is 0 Å². The zero-order valence-corrected chi connectivity index (χ0v) is 12.4. The molecule has 0 aliphatic rings. The van der Waals surface area contributed by atoms with Crippen LogP contribution >= 0.6 is 15.9 Å². The average molecular weight is 333 g/mol. The van der Waals surface area contributed by atoms with Crippen LogP contribution in [0.2, 0.25) is 0 Å². The molecule has 0 aliphatic heterocycles. The molecule has 0 bridgehead atoms. The number of halogens is 1. The van der Waals surface area contributed by atoms with E-state index in [9.17, 15) is 0 Å². The molecule has 2 rings (SSSR count). The molecule has 102 valence electrons. The highest BCUT2D eigenvalue weighted by atomic mass is 79.9. The summed E-state index contributed by atoms with van der Waals surface area (Å²) in [4.78, 5) is 4.30. The predicted octanol–water partition coefficient (Wildman–Crippen LogP) is 3.44. The van der Waals surface area contributed by atoms with Gasteiger partial charge < -0.3 is 15.8 Å². The minimum atomic E-state index is 0.405. The van der Waals surface area contributed by atoms with Crippen molar-refractivity contribution in [1.29, 1.82) is 5.26 Å². The standard InChI is InChI=1S/C14H13BrN4O/c1-2-20-14-11(17)4-6-13(19-14)18-12-5-3-9(8-16)7-10(12)15/h3-7H,2,17H2,1H3,(H,18,19). The highest BCUT2D eigenvalue weighted by Crippen LogP contribution is 2.28. The van der Waals surface area contributed by atoms with Crippen LogP contribution in [0.4, 0.5) is 17.2 Å². The SMILES string of the molecule is CCOc1nc(Nc2ccc(C#N)cc2Br)ccc1N. The van der Waals surface area contributed by atoms with Crippen molar-refractivity contribution in [3.05, 3.63) is 40.4 Å². The van der Waals surface area contributed by atoms with E-state index in [1.54, 1.807) is 30.3 Å². The Kier molecular flexibility index (Phi) is 4.43. The van der Waals surface area contributed by atoms with E-state index in [-0.39, 0.29) is 0 Å². The van der Waals surface area contributed by atoms with Crippen molar-refractivity contribution in [3.8, 4) is 11.9 Å². The van der Waals surface area contributed by atoms with Crippen molar-refractivity contribution < 1.29 is 4.74 Å². The van der Waals surface area contributed by atoms with E-state index in [0.29, 0.717) is 29.6 Å². The summed E-state index contributed by atoms with van der Waals surface area (Å²) in [5, 5.41) is 12.0. The van der Waals surface area contributed by atoms with Crippen molar-refractivity contribution >= 4 is 33.1 Å². The maximum absolute atomic E-state index is 8.83. The van der Waals surface area contributed by atoms with Crippen LogP contribution < -0.4 is 15.8 Å². The summed E-state index contributed by atoms with van der Waals surface area (Å²) < 4.78 is 6.14. The maximum Gasteiger partial charge on any atom is 0.239 e. The van der Waals surface area contributed by atoms with Gasteiger partial charge in [-0.15, -0.1) is 0 Å². The molecule has 0 amide bonds. The van der Waals surface area contributed by atoms with Crippen molar-refractivity contribution in [2.24, 2.45) is 0 Å². The third kappa shape index (κ3) is 3.19. The molecule has 5 nitrogen and oxygen atoms in total. The van der Waals surface area contributed by atoms with E-state index < -0.39 is 0 Å². The van der Waals surface area contributed by atoms with Gasteiger partial charge in [0.1, 0.15) is 5.82 Å². The smallest absolute Gasteiger partial charge is 0.239 e. The zero-order valence-electron chi connectivity index (χ0n) is 10.9. The Hall–Kier alpha value is -2.26. The average Bonchev–Trinajstić information content (AvgIpc) is 2.45. The molecule has 0 atom stereocenters. The van der Waals surface area contributed by atoms with E-state index in [1.807, 2.05) is 6.92 Å². The zero-order chi connectivity index (χ0) is 14.5. The van der Waals surface area contributed by atoms with Crippen molar-refractivity contribution in [2.45, 2.75) is 6.92 Å². The summed E-state index contributed by atoms with van der Waals surface area (Å²) in [5.74, 6) is 1.02. The number of rotatable bonds is 4. The van der Waals surface area contributed by atoms with Gasteiger partial charge in [0, 0.05) is 4.47 Å². The molecule has 6 heteroatoms. The highest BCUT2D eigenvalue weighted by Gasteiger charge is 2.06. The Morgan fingerprint density at radius 3 is 2.85 bits per heavy atom. The number of aromatic nitrogens is 1. The first-order chi connectivity index (χ1) is 9.63. The highest BCUT2D eigenvalue weighted by molar-refractivity contribution is 9.10. The quantitative estimate of drug-likeness (QED) is 0.895. The number of hydrogen-bond acceptors (Lipinski definition) is 5. The Balaban J connectivity index is 2.26. The van der Waals surface area contributed by atoms with Gasteiger partial charge in [0.2, 0.25) is 5.88 Å². The minimum absolute atomic E-state index is 0.405. The molecule has 0 saturated heterocycles. The molecule has 0 aliphatic carbocycles. The van der Waals surface area contributed by atoms with Gasteiger partial charge in [-0.1, -0.05) is 0 Å². The number of nitrogens with zero attached hydrogens (tertiary/aromatic N) is 2. The van der Waals surface area contributed by atoms with Crippen molar-refractivity contribution in [2.75, 3.05) is 17.7 Å². The molecule has 1 heterocycles. The summed E-state index contributed by atoms with van der Waals surface area (Å²) >= 11 is 3.41. The van der Waals surface area contributed by atoms with E-state index in [2.05, 4.69) is 32.3 Å². The molecule has 0 spiro atoms. The fraction of sp³-hybridized carbons (Fsp3) is 0.143. The Labute approximate surface area is 125 Å². The molecule has 20 heavy (non-hydrogen) atoms. The fourth-order valence-corrected chi connectivity index (χ4v) is 2.08. The number of hydrogen-bond donors (Lipinski definition) is 2. The first kappa shape index (κ1) is 14.2. The summed E-state index contributed by atoms with van der Waals surface area (Å²) in [5.41, 5.74) is 7.67. The Bertz CT molecular complexity index is 667. The number of nitriles is 1. The van der Waals surface area contributed by atoms with Crippen LogP contribution in [0.5, 0.6) is 5.88 Å². The van der Waals surface area contributed by atoms with Gasteiger partial charge in [0.05, 0.1) is 29.6 Å². The van der Waals surface area contributed by atoms with Crippen molar-refractivity contribution in [1.82, 2.24) is 4.98 Å². The predicted molar refractivity (Wildman–Crippen MR) is 82.0 cm³/mol. The number of nitrogen functional groups attached to an aromatic ring is 1. The second-order valence-corrected chi connectivity index (χ2v) is 4.81. The number of benzene rings is 1. The molecular weight excluding hydrogens is 320 g/mol. The van der Waals surface area contributed by atoms with E-state index in [1.165, 1.54) is 0 Å². The molecule has 3 N–H and O–H groups in total. The summed E-state index contributed by atoms with van der Waals surface area (Å²) in [6.45, 7) is 2.37. The molecule has 0 unspecified atom stereocenters. The van der Waals surface area contributed by atoms with E-state index in [4.69, 9.17) is 15.7 Å². The van der Waals surface area contributed by atoms with Gasteiger partial charge in [-0.05, 0) is 53.2 Å². The van der Waals surface area contributed by atoms with E-state index >= 15 is 0 Å². The van der Waals surface area contributed by atoms with Gasteiger partial charge in [0.15, 0.2) is 0 Å². The Morgan fingerprint density at radius 1 is 1.40 bits per heavy atom. The molecule has 2 aromatic rings. The molecule has 0 radical (unpaired) electrons. The van der Waals surface area contributed by atoms with Crippen LogP contribution in [0.15, 0.2) is 34.8 Å². The number of pyridine rings is 1. The topological polar surface area (TPSA) is 84.0 Å². The normalized spacial score (nSPS) is 9.85. The molecule has 1 aromatic carbocycles. The van der Waals surface area contributed by atoms with Crippen LogP contribution in [0, 0.1) is 11.3 Å². The monoisotopic (exact) mass is 332 g/mol. The summed E-state index contributed by atoms with van der Waals surface area (Å²) in [6.07, 6.45) is 0. The van der Waals surface area contributed by atoms with Gasteiger partial charge >= 0.3 is 0 Å². The van der Waals surface area contributed by atoms with Gasteiger partial charge in [-0.3, -0.25) is 0 Å². The third-order valence-corrected chi connectivity index (χ3v) is 3.19. The first-order valence-corrected chi connectivity index (χ1v) is 6.79. The van der Waals surface area contributed by atoms with Gasteiger partial charge in [-0.25, -0.2) is 0 Å². The van der Waals surface area contributed by atoms with Crippen molar-refractivity contribution in [3.63, 3.8) is 0 Å². The lowest BCUT2D eigenvalue weighted by Gasteiger charge is -2.11. The van der Waals surface area contributed by atoms with Crippen LogP contribution in [0.3, 0.4) is 0 Å². The third-order valence-electron chi connectivity index (χ3n) is 2.53. The number of nitrogens with one attached hydrogen (secondary N) is 1. The van der Waals surface area contributed by atoms with Crippen LogP contribution in [0.25, 0.3) is 0 Å². The summed E-state index contributed by atoms with van der Waals surface area (Å²) in [7, 11) is 0. The second kappa shape index (κ2) is 6.26. The van der Waals surface area contributed by atoms with Gasteiger partial charge in [0.25, 0.3) is 0 Å². The largest absolute Gasteiger partial charge is 0.476 e. The lowest BCUT2D eigenvalue weighted by molar-refractivity contribution is 0.329. The lowest BCUT2D eigenvalue weighted by Crippen LogP contribution is -2.02. The lowest BCUT2D eigenvalue weighted by atomic mass is 10.2. The number of ether oxygens (including phenoxy) is 1. The molecule has 1 aromatic heterocycles. The van der Waals surface area contributed by atoms with Gasteiger partial charge in [-0.2, -0.15) is 10.2 Å². The molecular formula is C14H13BrN4O.